The zero-order valence-corrected chi connectivity index (χ0v) is 44.9. The van der Waals surface area contributed by atoms with Gasteiger partial charge in [-0.05, 0) is 48.5 Å². The first kappa shape index (κ1) is 64.0. The van der Waals surface area contributed by atoms with Crippen molar-refractivity contribution in [1.82, 2.24) is 9.13 Å². The summed E-state index contributed by atoms with van der Waals surface area (Å²) in [6, 6.07) is 20.9. The van der Waals surface area contributed by atoms with Crippen LogP contribution in [0.2, 0.25) is 0 Å². The molecule has 4 aromatic carbocycles. The van der Waals surface area contributed by atoms with E-state index >= 15 is 13.2 Å². The predicted octanol–water partition coefficient (Wildman–Crippen LogP) is 19.7. The number of hydrogen-bond acceptors (Lipinski definition) is 4. The molecular formula is C43H38F26N8S4+2. The smallest absolute Gasteiger partial charge is 0.192 e. The van der Waals surface area contributed by atoms with Crippen LogP contribution in [0.15, 0.2) is 110 Å². The normalized spacial score (nSPS) is 20.3. The molecule has 0 radical (unpaired) electrons. The zero-order valence-electron chi connectivity index (χ0n) is 41.6. The highest BCUT2D eigenvalue weighted by Gasteiger charge is 2.71. The lowest BCUT2D eigenvalue weighted by Crippen LogP contribution is -2.71. The molecule has 8 nitrogen and oxygen atoms in total. The standard InChI is InChI=1S/C34H14F8N8S.C2H3F3.2C2H6.3CH3F5S/c35-33(36,37)23-14-15(51(38,39,40,41)42)13-22-24(23)32-46-30-21-12-6-5-11-20(21)28-44-26-17-8-2-1-7-16(17)25-43-27-18-9-3-4-10-19(18)29-45-31(22)50(32)34(47(25)26,48(27)29)49(28)30;1-2(3,4)5;2*1-2;3*1-7(2,3,4,5)6/h1-14H;1H3;2*1-2H3;3*1H3/q+2;;;;;;/t34-;;;;;;/m0....../s1. The van der Waals surface area contributed by atoms with E-state index in [-0.39, 0.29) is 24.7 Å². The van der Waals surface area contributed by atoms with Gasteiger partial charge >= 0.3 is 28.5 Å². The number of aliphatic imine (C=N–C) groups is 2. The van der Waals surface area contributed by atoms with Crippen molar-refractivity contribution in [2.75, 3.05) is 18.8 Å². The highest BCUT2D eigenvalue weighted by Crippen LogP contribution is 3.02. The van der Waals surface area contributed by atoms with E-state index in [4.69, 9.17) is 20.0 Å². The number of hydrogen-bond donors (Lipinski definition) is 0. The number of benzene rings is 4. The van der Waals surface area contributed by atoms with E-state index in [1.54, 1.807) is 74.4 Å². The van der Waals surface area contributed by atoms with Crippen LogP contribution in [-0.2, 0) is 12.1 Å². The number of amidine groups is 4. The van der Waals surface area contributed by atoms with Crippen molar-refractivity contribution >= 4 is 97.4 Å². The molecule has 2 aromatic heterocycles. The van der Waals surface area contributed by atoms with Crippen molar-refractivity contribution in [2.24, 2.45) is 20.0 Å². The molecule has 0 amide bonds. The second-order valence-electron chi connectivity index (χ2n) is 17.8. The van der Waals surface area contributed by atoms with Crippen LogP contribution in [0.3, 0.4) is 0 Å². The second kappa shape index (κ2) is 16.1. The van der Waals surface area contributed by atoms with Gasteiger partial charge in [-0.3, -0.25) is 0 Å². The summed E-state index contributed by atoms with van der Waals surface area (Å²) < 4.78 is 313. The van der Waals surface area contributed by atoms with E-state index in [9.17, 15) is 90.9 Å². The average molecular weight is 1290 g/mol. The van der Waals surface area contributed by atoms with Gasteiger partial charge < -0.3 is 0 Å². The number of halogens is 26. The summed E-state index contributed by atoms with van der Waals surface area (Å²) in [6.07, 6.45) is -12.5. The molecule has 0 saturated carbocycles. The third-order valence-electron chi connectivity index (χ3n) is 10.3. The molecule has 454 valence electrons. The van der Waals surface area contributed by atoms with Crippen LogP contribution in [-0.4, -0.2) is 66.6 Å². The molecule has 1 atom stereocenters. The van der Waals surface area contributed by atoms with Crippen LogP contribution in [0, 0.1) is 0 Å². The largest absolute Gasteiger partial charge is 0.417 e. The first-order chi connectivity index (χ1) is 35.4. The first-order valence-corrected chi connectivity index (χ1v) is 31.0. The summed E-state index contributed by atoms with van der Waals surface area (Å²) >= 11 is 0. The van der Waals surface area contributed by atoms with Gasteiger partial charge in [0.05, 0.1) is 52.0 Å². The predicted molar refractivity (Wildman–Crippen MR) is 262 cm³/mol. The molecule has 81 heavy (non-hydrogen) atoms. The van der Waals surface area contributed by atoms with Crippen LogP contribution in [0.25, 0.3) is 21.5 Å². The monoisotopic (exact) mass is 1290 g/mol. The summed E-state index contributed by atoms with van der Waals surface area (Å²) in [4.78, 5) is 17.1. The molecule has 0 N–H and O–H groups in total. The summed E-state index contributed by atoms with van der Waals surface area (Å²) in [5.41, 5.74) is 1.07. The van der Waals surface area contributed by atoms with Crippen molar-refractivity contribution in [1.29, 1.82) is 0 Å². The summed E-state index contributed by atoms with van der Waals surface area (Å²) in [5, 5.41) is -0.255. The van der Waals surface area contributed by atoms with Crippen molar-refractivity contribution in [3.8, 4) is 0 Å². The number of aromatic nitrogens is 2. The Morgan fingerprint density at radius 2 is 0.741 bits per heavy atom. The fourth-order valence-corrected chi connectivity index (χ4v) is 9.15. The van der Waals surface area contributed by atoms with Crippen molar-refractivity contribution in [2.45, 2.75) is 57.8 Å². The van der Waals surface area contributed by atoms with Crippen LogP contribution >= 0.6 is 40.9 Å². The van der Waals surface area contributed by atoms with Gasteiger partial charge in [0.1, 0.15) is 4.90 Å². The molecule has 12 rings (SSSR count). The van der Waals surface area contributed by atoms with E-state index in [1.807, 2.05) is 39.8 Å². The summed E-state index contributed by atoms with van der Waals surface area (Å²) in [7, 11) is -37.6. The molecule has 0 saturated heterocycles. The Morgan fingerprint density at radius 1 is 0.432 bits per heavy atom. The van der Waals surface area contributed by atoms with Gasteiger partial charge in [-0.15, -0.1) is 9.15 Å². The average Bonchev–Trinajstić information content (AvgIpc) is 3.95. The van der Waals surface area contributed by atoms with Crippen LogP contribution < -0.4 is 11.0 Å². The molecule has 0 aliphatic carbocycles. The molecule has 6 aliphatic heterocycles. The lowest BCUT2D eigenvalue weighted by atomic mass is 10.1. The highest BCUT2D eigenvalue weighted by molar-refractivity contribution is 8.46. The Balaban J connectivity index is 0.000000293. The van der Waals surface area contributed by atoms with E-state index in [0.29, 0.717) is 55.7 Å². The van der Waals surface area contributed by atoms with Gasteiger partial charge in [0.15, 0.2) is 0 Å². The number of rotatable bonds is 1. The van der Waals surface area contributed by atoms with Gasteiger partial charge in [-0.1, -0.05) is 162 Å². The number of alkyl halides is 6. The first-order valence-electron chi connectivity index (χ1n) is 22.0. The maximum Gasteiger partial charge on any atom is 0.417 e. The third-order valence-corrected chi connectivity index (χ3v) is 11.4. The Morgan fingerprint density at radius 3 is 1.06 bits per heavy atom. The van der Waals surface area contributed by atoms with E-state index in [1.165, 1.54) is 4.57 Å². The van der Waals surface area contributed by atoms with Crippen molar-refractivity contribution in [3.63, 3.8) is 0 Å². The minimum Gasteiger partial charge on any atom is -0.192 e. The van der Waals surface area contributed by atoms with Crippen molar-refractivity contribution in [3.05, 3.63) is 124 Å². The molecule has 1 spiro atoms. The van der Waals surface area contributed by atoms with Gasteiger partial charge in [0.25, 0.3) is 54.0 Å². The van der Waals surface area contributed by atoms with Crippen LogP contribution in [0.5, 0.6) is 0 Å². The molecule has 0 fully saturated rings. The minimum absolute atomic E-state index is 0.0763. The van der Waals surface area contributed by atoms with Crippen LogP contribution in [0.4, 0.5) is 116 Å². The highest BCUT2D eigenvalue weighted by atomic mass is 32.5. The molecule has 0 unspecified atom stereocenters. The van der Waals surface area contributed by atoms with Gasteiger partial charge in [0.2, 0.25) is 22.6 Å². The second-order valence-corrected chi connectivity index (χ2v) is 28.4. The third kappa shape index (κ3) is 14.4. The number of fused-ring (bicyclic) bond motifs is 12. The van der Waals surface area contributed by atoms with Crippen molar-refractivity contribution < 1.29 is 113 Å². The molecule has 6 aromatic rings. The molecule has 8 heterocycles. The van der Waals surface area contributed by atoms with Gasteiger partial charge in [0, 0.05) is 23.1 Å². The summed E-state index contributed by atoms with van der Waals surface area (Å²) in [5.74, 6) is -1.56. The summed E-state index contributed by atoms with van der Waals surface area (Å²) in [6.45, 7) is 8.19. The molecule has 0 bridgehead atoms. The van der Waals surface area contributed by atoms with E-state index < -0.39 is 117 Å². The lowest BCUT2D eigenvalue weighted by molar-refractivity contribution is -0.790. The Labute approximate surface area is 438 Å². The lowest BCUT2D eigenvalue weighted by Gasteiger charge is -2.40. The fraction of sp³-hybridized carbons (Fsp3) is 0.256. The molecule has 6 aliphatic rings. The fourth-order valence-electron chi connectivity index (χ4n) is 8.47. The van der Waals surface area contributed by atoms with Crippen LogP contribution in [0.1, 0.15) is 62.4 Å². The number of nitrogens with zero attached hydrogens (tertiary/aromatic N) is 8. The Hall–Kier alpha value is -6.18. The quantitative estimate of drug-likeness (QED) is 0.116. The van der Waals surface area contributed by atoms with E-state index in [2.05, 4.69) is 0 Å². The van der Waals surface area contributed by atoms with Gasteiger partial charge in [-0.2, -0.15) is 35.5 Å². The Kier molecular flexibility index (Phi) is 12.7. The topological polar surface area (TPSA) is 65.3 Å². The SMILES string of the molecule is CC.CC.CC(F)(F)F.CS(F)(F)(F)(F)F.CS(F)(F)(F)(F)F.CS(F)(F)(F)(F)F.FC(F)(F)c1cc(S(F)(F)(F)(F)F)cc2c3n4c(c12)N=C1c2ccccc2C2=[N+]1[C@@]41n4c(c5ccccc5c4=N2)=NC2=[N+]1C(=N3)c1ccccc12. The van der Waals surface area contributed by atoms with E-state index in [0.717, 1.165) is 0 Å². The maximum absolute atomic E-state index is 15.0. The van der Waals surface area contributed by atoms with Gasteiger partial charge in [-0.25, -0.2) is 0 Å². The maximum atomic E-state index is 15.0. The molecular weight excluding hydrogens is 1250 g/mol. The zero-order chi connectivity index (χ0) is 62.6. The Bertz CT molecular complexity index is 3810. The minimum atomic E-state index is -10.7. The molecule has 38 heteroatoms.